The number of rotatable bonds is 4. The second-order valence-electron chi connectivity index (χ2n) is 5.59. The van der Waals surface area contributed by atoms with E-state index in [1.165, 1.54) is 5.56 Å². The third-order valence-corrected chi connectivity index (χ3v) is 4.35. The van der Waals surface area contributed by atoms with Crippen LogP contribution in [0.25, 0.3) is 0 Å². The van der Waals surface area contributed by atoms with Crippen LogP contribution in [0.1, 0.15) is 11.1 Å². The van der Waals surface area contributed by atoms with E-state index >= 15 is 0 Å². The van der Waals surface area contributed by atoms with Gasteiger partial charge < -0.3 is 4.74 Å². The molecule has 2 aromatic rings. The second kappa shape index (κ2) is 7.20. The summed E-state index contributed by atoms with van der Waals surface area (Å²) >= 11 is 11.9. The van der Waals surface area contributed by atoms with Crippen LogP contribution in [0.2, 0.25) is 10.0 Å². The average molecular weight is 359 g/mol. The summed E-state index contributed by atoms with van der Waals surface area (Å²) in [6.07, 6.45) is 0. The number of halogens is 3. The van der Waals surface area contributed by atoms with Crippen molar-refractivity contribution in [2.75, 3.05) is 20.1 Å². The molecule has 2 nitrogen and oxygen atoms in total. The zero-order chi connectivity index (χ0) is 14.9. The van der Waals surface area contributed by atoms with E-state index in [9.17, 15) is 0 Å². The molecule has 2 aromatic carbocycles. The summed E-state index contributed by atoms with van der Waals surface area (Å²) in [7, 11) is 2.10. The van der Waals surface area contributed by atoms with Gasteiger partial charge in [-0.15, -0.1) is 12.4 Å². The van der Waals surface area contributed by atoms with E-state index in [1.807, 2.05) is 36.4 Å². The molecule has 3 rings (SSSR count). The molecule has 1 saturated heterocycles. The van der Waals surface area contributed by atoms with Crippen molar-refractivity contribution in [2.45, 2.75) is 12.2 Å². The van der Waals surface area contributed by atoms with Gasteiger partial charge >= 0.3 is 0 Å². The Morgan fingerprint density at radius 2 is 1.45 bits per heavy atom. The Morgan fingerprint density at radius 3 is 1.95 bits per heavy atom. The third kappa shape index (κ3) is 3.76. The number of hydrogen-bond acceptors (Lipinski definition) is 2. The van der Waals surface area contributed by atoms with Crippen molar-refractivity contribution in [3.8, 4) is 0 Å². The van der Waals surface area contributed by atoms with E-state index in [2.05, 4.69) is 24.1 Å². The number of hydrogen-bond donors (Lipinski definition) is 0. The van der Waals surface area contributed by atoms with E-state index in [0.717, 1.165) is 28.7 Å². The second-order valence-corrected chi connectivity index (χ2v) is 6.46. The van der Waals surface area contributed by atoms with E-state index < -0.39 is 0 Å². The van der Waals surface area contributed by atoms with Crippen LogP contribution < -0.4 is 0 Å². The van der Waals surface area contributed by atoms with Gasteiger partial charge in [-0.2, -0.15) is 0 Å². The quantitative estimate of drug-likeness (QED) is 0.780. The zero-order valence-corrected chi connectivity index (χ0v) is 14.6. The highest BCUT2D eigenvalue weighted by Crippen LogP contribution is 2.36. The largest absolute Gasteiger partial charge is 0.363 e. The normalized spacial score (nSPS) is 16.7. The van der Waals surface area contributed by atoms with E-state index in [1.54, 1.807) is 0 Å². The van der Waals surface area contributed by atoms with Crippen LogP contribution in [0.3, 0.4) is 0 Å². The van der Waals surface area contributed by atoms with Gasteiger partial charge in [0.1, 0.15) is 5.60 Å². The van der Waals surface area contributed by atoms with Gasteiger partial charge in [0.15, 0.2) is 0 Å². The smallest absolute Gasteiger partial charge is 0.119 e. The topological polar surface area (TPSA) is 12.5 Å². The van der Waals surface area contributed by atoms with Gasteiger partial charge in [0, 0.05) is 23.1 Å². The molecule has 0 bridgehead atoms. The molecular weight excluding hydrogens is 341 g/mol. The Labute approximate surface area is 147 Å². The minimum Gasteiger partial charge on any atom is -0.363 e. The molecule has 0 saturated carbocycles. The van der Waals surface area contributed by atoms with Crippen LogP contribution in [-0.4, -0.2) is 25.0 Å². The Morgan fingerprint density at radius 1 is 0.955 bits per heavy atom. The van der Waals surface area contributed by atoms with Crippen LogP contribution in [-0.2, 0) is 16.9 Å². The predicted octanol–water partition coefficient (Wildman–Crippen LogP) is 4.77. The van der Waals surface area contributed by atoms with Gasteiger partial charge in [-0.1, -0.05) is 47.5 Å². The summed E-state index contributed by atoms with van der Waals surface area (Å²) in [6.45, 7) is 2.36. The van der Waals surface area contributed by atoms with Crippen molar-refractivity contribution >= 4 is 35.6 Å². The number of likely N-dealkylation sites (tertiary alicyclic amines) is 1. The predicted molar refractivity (Wildman–Crippen MR) is 94.1 cm³/mol. The molecule has 0 atom stereocenters. The first-order valence-electron chi connectivity index (χ1n) is 6.90. The summed E-state index contributed by atoms with van der Waals surface area (Å²) in [5.41, 5.74) is 2.07. The molecule has 0 spiro atoms. The highest BCUT2D eigenvalue weighted by molar-refractivity contribution is 6.30. The number of ether oxygens (including phenoxy) is 1. The molecule has 0 radical (unpaired) electrons. The van der Waals surface area contributed by atoms with Gasteiger partial charge in [-0.05, 0) is 42.4 Å². The summed E-state index contributed by atoms with van der Waals surface area (Å²) in [5.74, 6) is 0. The maximum absolute atomic E-state index is 6.26. The van der Waals surface area contributed by atoms with Crippen molar-refractivity contribution in [3.05, 3.63) is 69.7 Å². The molecule has 0 N–H and O–H groups in total. The molecule has 0 aromatic heterocycles. The van der Waals surface area contributed by atoms with Crippen LogP contribution in [0.15, 0.2) is 48.5 Å². The van der Waals surface area contributed by atoms with Crippen molar-refractivity contribution < 1.29 is 4.74 Å². The first-order valence-corrected chi connectivity index (χ1v) is 7.66. The van der Waals surface area contributed by atoms with Crippen LogP contribution >= 0.6 is 35.6 Å². The lowest BCUT2D eigenvalue weighted by atomic mass is 9.86. The molecule has 5 heteroatoms. The SMILES string of the molecule is CN1CC(OCc2ccc(Cl)cc2)(c2ccc(Cl)cc2)C1.Cl. The number of likely N-dealkylation sites (N-methyl/N-ethyl adjacent to an activating group) is 1. The minimum absolute atomic E-state index is 0. The average Bonchev–Trinajstić information content (AvgIpc) is 2.45. The molecule has 22 heavy (non-hydrogen) atoms. The maximum Gasteiger partial charge on any atom is 0.119 e. The van der Waals surface area contributed by atoms with Gasteiger partial charge in [0.25, 0.3) is 0 Å². The first kappa shape index (κ1) is 17.6. The fourth-order valence-electron chi connectivity index (χ4n) is 2.74. The summed E-state index contributed by atoms with van der Waals surface area (Å²) in [5, 5.41) is 1.49. The Balaban J connectivity index is 0.00000176. The summed E-state index contributed by atoms with van der Waals surface area (Å²) < 4.78 is 6.26. The van der Waals surface area contributed by atoms with Gasteiger partial charge in [0.05, 0.1) is 6.61 Å². The van der Waals surface area contributed by atoms with E-state index in [0.29, 0.717) is 6.61 Å². The van der Waals surface area contributed by atoms with Crippen molar-refractivity contribution in [2.24, 2.45) is 0 Å². The number of benzene rings is 2. The van der Waals surface area contributed by atoms with Gasteiger partial charge in [-0.25, -0.2) is 0 Å². The highest BCUT2D eigenvalue weighted by Gasteiger charge is 2.43. The Bertz CT molecular complexity index is 607. The fourth-order valence-corrected chi connectivity index (χ4v) is 2.99. The molecule has 118 valence electrons. The van der Waals surface area contributed by atoms with E-state index in [4.69, 9.17) is 27.9 Å². The van der Waals surface area contributed by atoms with Gasteiger partial charge in [0.2, 0.25) is 0 Å². The lowest BCUT2D eigenvalue weighted by molar-refractivity contribution is -0.151. The lowest BCUT2D eigenvalue weighted by Crippen LogP contribution is -2.58. The fraction of sp³-hybridized carbons (Fsp3) is 0.294. The van der Waals surface area contributed by atoms with Crippen molar-refractivity contribution in [1.82, 2.24) is 4.90 Å². The summed E-state index contributed by atoms with van der Waals surface area (Å²) in [4.78, 5) is 2.25. The first-order chi connectivity index (χ1) is 10.1. The molecule has 0 unspecified atom stereocenters. The van der Waals surface area contributed by atoms with Crippen LogP contribution in [0, 0.1) is 0 Å². The van der Waals surface area contributed by atoms with Crippen molar-refractivity contribution in [3.63, 3.8) is 0 Å². The highest BCUT2D eigenvalue weighted by atomic mass is 35.5. The Kier molecular flexibility index (Phi) is 5.76. The van der Waals surface area contributed by atoms with Crippen LogP contribution in [0.5, 0.6) is 0 Å². The molecule has 0 amide bonds. The van der Waals surface area contributed by atoms with E-state index in [-0.39, 0.29) is 18.0 Å². The lowest BCUT2D eigenvalue weighted by Gasteiger charge is -2.48. The molecule has 1 aliphatic rings. The number of nitrogens with zero attached hydrogens (tertiary/aromatic N) is 1. The molecule has 1 heterocycles. The Hall–Kier alpha value is -0.770. The van der Waals surface area contributed by atoms with Crippen LogP contribution in [0.4, 0.5) is 0 Å². The molecular formula is C17H18Cl3NO. The standard InChI is InChI=1S/C17H17Cl2NO.ClH/c1-20-11-17(12-20,14-4-8-16(19)9-5-14)21-10-13-2-6-15(18)7-3-13;/h2-9H,10-12H2,1H3;1H. The zero-order valence-electron chi connectivity index (χ0n) is 12.3. The maximum atomic E-state index is 6.26. The minimum atomic E-state index is -0.237. The molecule has 1 fully saturated rings. The molecule has 0 aliphatic carbocycles. The van der Waals surface area contributed by atoms with Gasteiger partial charge in [-0.3, -0.25) is 4.90 Å². The third-order valence-electron chi connectivity index (χ3n) is 3.85. The monoisotopic (exact) mass is 357 g/mol. The molecule has 1 aliphatic heterocycles. The van der Waals surface area contributed by atoms with Crippen molar-refractivity contribution in [1.29, 1.82) is 0 Å². The summed E-state index contributed by atoms with van der Waals surface area (Å²) in [6, 6.07) is 15.7.